The number of anilines is 1. The molecule has 0 saturated carbocycles. The van der Waals surface area contributed by atoms with Gasteiger partial charge in [-0.05, 0) is 28.9 Å². The first-order chi connectivity index (χ1) is 6.34. The summed E-state index contributed by atoms with van der Waals surface area (Å²) in [5.41, 5.74) is 0. The van der Waals surface area contributed by atoms with Gasteiger partial charge >= 0.3 is 0 Å². The molecular formula is C8H13BrCl2N4. The number of hydrogen-bond acceptors (Lipinski definition) is 4. The zero-order chi connectivity index (χ0) is 9.10. The van der Waals surface area contributed by atoms with Crippen molar-refractivity contribution in [3.05, 3.63) is 16.9 Å². The number of nitrogens with zero attached hydrogens (tertiary/aromatic N) is 2. The smallest absolute Gasteiger partial charge is 0.222 e. The van der Waals surface area contributed by atoms with Crippen LogP contribution in [0.2, 0.25) is 0 Å². The first-order valence-electron chi connectivity index (χ1n) is 4.29. The second-order valence-electron chi connectivity index (χ2n) is 3.06. The van der Waals surface area contributed by atoms with E-state index in [0.29, 0.717) is 12.0 Å². The highest BCUT2D eigenvalue weighted by atomic mass is 79.9. The van der Waals surface area contributed by atoms with Crippen LogP contribution in [-0.2, 0) is 0 Å². The van der Waals surface area contributed by atoms with Gasteiger partial charge in [0.15, 0.2) is 0 Å². The Morgan fingerprint density at radius 2 is 2.00 bits per heavy atom. The first kappa shape index (κ1) is 14.9. The summed E-state index contributed by atoms with van der Waals surface area (Å²) < 4.78 is 0.905. The van der Waals surface area contributed by atoms with Crippen LogP contribution in [0.15, 0.2) is 16.9 Å². The van der Waals surface area contributed by atoms with Crippen LogP contribution in [-0.4, -0.2) is 29.1 Å². The lowest BCUT2D eigenvalue weighted by molar-refractivity contribution is 0.780. The molecule has 0 spiro atoms. The molecule has 0 aromatic carbocycles. The summed E-state index contributed by atoms with van der Waals surface area (Å²) in [5, 5.41) is 6.54. The Morgan fingerprint density at radius 3 is 2.53 bits per heavy atom. The summed E-state index contributed by atoms with van der Waals surface area (Å²) in [6, 6.07) is 0.473. The van der Waals surface area contributed by atoms with E-state index < -0.39 is 0 Å². The van der Waals surface area contributed by atoms with Gasteiger partial charge in [-0.1, -0.05) is 0 Å². The van der Waals surface area contributed by atoms with Crippen molar-refractivity contribution in [2.75, 3.05) is 18.4 Å². The lowest BCUT2D eigenvalue weighted by atomic mass is 10.3. The van der Waals surface area contributed by atoms with Gasteiger partial charge in [-0.25, -0.2) is 9.97 Å². The molecule has 4 nitrogen and oxygen atoms in total. The third-order valence-electron chi connectivity index (χ3n) is 2.01. The third-order valence-corrected chi connectivity index (χ3v) is 2.42. The summed E-state index contributed by atoms with van der Waals surface area (Å²) in [6.45, 7) is 2.08. The van der Waals surface area contributed by atoms with Gasteiger partial charge in [0.25, 0.3) is 0 Å². The Balaban J connectivity index is 0.000000980. The summed E-state index contributed by atoms with van der Waals surface area (Å²) in [7, 11) is 0. The van der Waals surface area contributed by atoms with Gasteiger partial charge < -0.3 is 10.6 Å². The SMILES string of the molecule is Brc1cnc(NC2CCNC2)nc1.Cl.Cl. The van der Waals surface area contributed by atoms with Crippen molar-refractivity contribution >= 4 is 46.7 Å². The number of nitrogens with one attached hydrogen (secondary N) is 2. The molecule has 0 bridgehead atoms. The van der Waals surface area contributed by atoms with Crippen LogP contribution >= 0.6 is 40.7 Å². The predicted octanol–water partition coefficient (Wildman–Crippen LogP) is 1.86. The fourth-order valence-corrected chi connectivity index (χ4v) is 1.55. The molecule has 86 valence electrons. The molecule has 1 atom stereocenters. The van der Waals surface area contributed by atoms with Crippen LogP contribution in [0.25, 0.3) is 0 Å². The Labute approximate surface area is 110 Å². The maximum atomic E-state index is 4.14. The van der Waals surface area contributed by atoms with E-state index in [1.165, 1.54) is 0 Å². The van der Waals surface area contributed by atoms with E-state index in [1.54, 1.807) is 12.4 Å². The highest BCUT2D eigenvalue weighted by Crippen LogP contribution is 2.09. The predicted molar refractivity (Wildman–Crippen MR) is 69.1 cm³/mol. The summed E-state index contributed by atoms with van der Waals surface area (Å²) >= 11 is 3.29. The van der Waals surface area contributed by atoms with Crippen molar-refractivity contribution in [2.45, 2.75) is 12.5 Å². The number of rotatable bonds is 2. The Kier molecular flexibility index (Phi) is 7.17. The van der Waals surface area contributed by atoms with E-state index in [0.717, 1.165) is 24.0 Å². The molecule has 1 saturated heterocycles. The molecule has 2 rings (SSSR count). The summed E-state index contributed by atoms with van der Waals surface area (Å²) in [4.78, 5) is 8.29. The van der Waals surface area contributed by atoms with Gasteiger partial charge in [0, 0.05) is 25.0 Å². The van der Waals surface area contributed by atoms with Crippen molar-refractivity contribution in [1.82, 2.24) is 15.3 Å². The quantitative estimate of drug-likeness (QED) is 0.874. The Morgan fingerprint density at radius 1 is 1.33 bits per heavy atom. The van der Waals surface area contributed by atoms with Gasteiger partial charge in [0.2, 0.25) is 5.95 Å². The third kappa shape index (κ3) is 4.51. The fourth-order valence-electron chi connectivity index (χ4n) is 1.35. The maximum Gasteiger partial charge on any atom is 0.222 e. The molecular weight excluding hydrogens is 303 g/mol. The minimum atomic E-state index is 0. The van der Waals surface area contributed by atoms with Crippen molar-refractivity contribution in [1.29, 1.82) is 0 Å². The zero-order valence-electron chi connectivity index (χ0n) is 7.94. The number of aromatic nitrogens is 2. The average Bonchev–Trinajstić information content (AvgIpc) is 2.62. The van der Waals surface area contributed by atoms with Gasteiger partial charge in [-0.2, -0.15) is 0 Å². The maximum absolute atomic E-state index is 4.14. The van der Waals surface area contributed by atoms with Crippen LogP contribution in [0.5, 0.6) is 0 Å². The highest BCUT2D eigenvalue weighted by molar-refractivity contribution is 9.10. The minimum Gasteiger partial charge on any atom is -0.350 e. The monoisotopic (exact) mass is 314 g/mol. The molecule has 2 heterocycles. The van der Waals surface area contributed by atoms with E-state index >= 15 is 0 Å². The fraction of sp³-hybridized carbons (Fsp3) is 0.500. The average molecular weight is 316 g/mol. The van der Waals surface area contributed by atoms with Crippen molar-refractivity contribution in [3.63, 3.8) is 0 Å². The molecule has 1 unspecified atom stereocenters. The van der Waals surface area contributed by atoms with Crippen molar-refractivity contribution in [2.24, 2.45) is 0 Å². The molecule has 1 aromatic rings. The van der Waals surface area contributed by atoms with E-state index in [-0.39, 0.29) is 24.8 Å². The summed E-state index contributed by atoms with van der Waals surface area (Å²) in [5.74, 6) is 0.705. The van der Waals surface area contributed by atoms with Crippen LogP contribution < -0.4 is 10.6 Å². The van der Waals surface area contributed by atoms with Gasteiger partial charge in [-0.3, -0.25) is 0 Å². The largest absolute Gasteiger partial charge is 0.350 e. The van der Waals surface area contributed by atoms with Crippen LogP contribution in [0.1, 0.15) is 6.42 Å². The first-order valence-corrected chi connectivity index (χ1v) is 5.09. The Bertz CT molecular complexity index is 276. The van der Waals surface area contributed by atoms with Crippen LogP contribution in [0.4, 0.5) is 5.95 Å². The zero-order valence-corrected chi connectivity index (χ0v) is 11.2. The van der Waals surface area contributed by atoms with Crippen LogP contribution in [0.3, 0.4) is 0 Å². The molecule has 1 aliphatic rings. The number of hydrogen-bond donors (Lipinski definition) is 2. The lowest BCUT2D eigenvalue weighted by Gasteiger charge is -2.09. The molecule has 0 amide bonds. The van der Waals surface area contributed by atoms with Crippen molar-refractivity contribution in [3.8, 4) is 0 Å². The van der Waals surface area contributed by atoms with E-state index in [9.17, 15) is 0 Å². The molecule has 2 N–H and O–H groups in total. The minimum absolute atomic E-state index is 0. The highest BCUT2D eigenvalue weighted by Gasteiger charge is 2.14. The Hall–Kier alpha value is -0.100. The van der Waals surface area contributed by atoms with E-state index in [1.807, 2.05) is 0 Å². The van der Waals surface area contributed by atoms with Crippen LogP contribution in [0, 0.1) is 0 Å². The molecule has 15 heavy (non-hydrogen) atoms. The second-order valence-corrected chi connectivity index (χ2v) is 3.97. The van der Waals surface area contributed by atoms with E-state index in [2.05, 4.69) is 36.5 Å². The normalized spacial score (nSPS) is 18.9. The van der Waals surface area contributed by atoms with Gasteiger partial charge in [0.05, 0.1) is 4.47 Å². The topological polar surface area (TPSA) is 49.8 Å². The molecule has 1 aromatic heterocycles. The molecule has 1 aliphatic heterocycles. The van der Waals surface area contributed by atoms with E-state index in [4.69, 9.17) is 0 Å². The standard InChI is InChI=1S/C8H11BrN4.2ClH/c9-6-3-11-8(12-4-6)13-7-1-2-10-5-7;;/h3-4,7,10H,1-2,5H2,(H,11,12,13);2*1H. The molecule has 0 aliphatic carbocycles. The van der Waals surface area contributed by atoms with Gasteiger partial charge in [-0.15, -0.1) is 24.8 Å². The second kappa shape index (κ2) is 7.22. The summed E-state index contributed by atoms with van der Waals surface area (Å²) in [6.07, 6.45) is 4.63. The molecule has 1 fully saturated rings. The molecule has 0 radical (unpaired) electrons. The lowest BCUT2D eigenvalue weighted by Crippen LogP contribution is -2.23. The van der Waals surface area contributed by atoms with Crippen molar-refractivity contribution < 1.29 is 0 Å². The number of halogens is 3. The molecule has 7 heteroatoms. The van der Waals surface area contributed by atoms with Gasteiger partial charge in [0.1, 0.15) is 0 Å².